The number of nitrogens with two attached hydrogens (primary N) is 3. The number of unbranched alkanes of at least 4 members (excludes halogenated alkanes) is 1. The Morgan fingerprint density at radius 2 is 1.25 bits per heavy atom. The number of hydrogen-bond donors (Lipinski definition) is 10. The van der Waals surface area contributed by atoms with Crippen LogP contribution in [-0.4, -0.2) is 113 Å². The van der Waals surface area contributed by atoms with Crippen molar-refractivity contribution in [3.63, 3.8) is 0 Å². The van der Waals surface area contributed by atoms with E-state index < -0.39 is 90.7 Å². The van der Waals surface area contributed by atoms with Gasteiger partial charge in [0, 0.05) is 0 Å². The molecule has 6 amide bonds. The van der Waals surface area contributed by atoms with E-state index >= 15 is 0 Å². The van der Waals surface area contributed by atoms with Gasteiger partial charge >= 0.3 is 5.97 Å². The Labute approximate surface area is 302 Å². The average Bonchev–Trinajstić information content (AvgIpc) is 3.07. The SMILES string of the molecule is CSCC[C@H](NC(=O)[C@H](CO)NC(=O)[C@@H](N)Cc1ccccc1)C(=O)N[C@@H](CCCCN)C(=O)N[C@@H](CC(N)=O)C(=O)N[C@@H](CC(C)C)C(=O)O. The van der Waals surface area contributed by atoms with Gasteiger partial charge in [0.15, 0.2) is 0 Å². The van der Waals surface area contributed by atoms with E-state index in [0.717, 1.165) is 5.56 Å². The molecule has 0 fully saturated rings. The van der Waals surface area contributed by atoms with E-state index in [-0.39, 0.29) is 38.1 Å². The standard InChI is InChI=1S/C33H54N8O9S/c1-19(2)15-25(33(49)50)40-31(47)24(17-27(36)43)39-29(45)22(11-7-8-13-34)37-30(46)23(12-14-51-3)38-32(48)26(18-42)41-28(44)21(35)16-20-9-5-4-6-10-20/h4-6,9-10,19,21-26,42H,7-8,11-18,34-35H2,1-3H3,(H2,36,43)(H,37,46)(H,38,48)(H,39,45)(H,40,47)(H,41,44)(H,49,50)/t21-,22-,23-,24-,25-,26-/m0/s1. The highest BCUT2D eigenvalue weighted by atomic mass is 32.2. The van der Waals surface area contributed by atoms with Gasteiger partial charge in [-0.1, -0.05) is 44.2 Å². The molecular formula is C33H54N8O9S. The summed E-state index contributed by atoms with van der Waals surface area (Å²) in [5.41, 5.74) is 17.7. The van der Waals surface area contributed by atoms with E-state index in [9.17, 15) is 43.8 Å². The number of carbonyl (C=O) groups excluding carboxylic acids is 6. The molecule has 0 radical (unpaired) electrons. The molecule has 13 N–H and O–H groups in total. The van der Waals surface area contributed by atoms with Crippen LogP contribution in [0.5, 0.6) is 0 Å². The minimum atomic E-state index is -1.55. The normalized spacial score (nSPS) is 14.6. The van der Waals surface area contributed by atoms with Crippen molar-refractivity contribution >= 4 is 53.2 Å². The lowest BCUT2D eigenvalue weighted by Crippen LogP contribution is -2.60. The summed E-state index contributed by atoms with van der Waals surface area (Å²) in [7, 11) is 0. The van der Waals surface area contributed by atoms with Crippen molar-refractivity contribution in [2.75, 3.05) is 25.2 Å². The largest absolute Gasteiger partial charge is 0.480 e. The van der Waals surface area contributed by atoms with Crippen molar-refractivity contribution in [2.45, 2.75) is 95.0 Å². The third kappa shape index (κ3) is 17.5. The minimum absolute atomic E-state index is 0.0581. The zero-order valence-corrected chi connectivity index (χ0v) is 30.2. The third-order valence-corrected chi connectivity index (χ3v) is 8.28. The van der Waals surface area contributed by atoms with Crippen LogP contribution >= 0.6 is 11.8 Å². The van der Waals surface area contributed by atoms with Crippen molar-refractivity contribution in [1.82, 2.24) is 26.6 Å². The molecule has 1 rings (SSSR count). The fraction of sp³-hybridized carbons (Fsp3) is 0.606. The van der Waals surface area contributed by atoms with Crippen molar-refractivity contribution in [3.05, 3.63) is 35.9 Å². The van der Waals surface area contributed by atoms with Crippen molar-refractivity contribution in [1.29, 1.82) is 0 Å². The first-order valence-corrected chi connectivity index (χ1v) is 18.1. The molecule has 18 heteroatoms. The van der Waals surface area contributed by atoms with Crippen LogP contribution in [0.25, 0.3) is 0 Å². The number of carbonyl (C=O) groups is 7. The van der Waals surface area contributed by atoms with Gasteiger partial charge in [0.05, 0.1) is 19.1 Å². The van der Waals surface area contributed by atoms with Crippen LogP contribution in [0.15, 0.2) is 30.3 Å². The molecule has 0 unspecified atom stereocenters. The maximum Gasteiger partial charge on any atom is 0.326 e. The van der Waals surface area contributed by atoms with Gasteiger partial charge in [0.1, 0.15) is 30.2 Å². The molecule has 6 atom stereocenters. The molecule has 0 bridgehead atoms. The van der Waals surface area contributed by atoms with Gasteiger partial charge in [0.25, 0.3) is 0 Å². The second kappa shape index (κ2) is 24.0. The van der Waals surface area contributed by atoms with Crippen LogP contribution in [0.1, 0.15) is 57.9 Å². The number of aliphatic hydroxyl groups excluding tert-OH is 1. The second-order valence-corrected chi connectivity index (χ2v) is 13.5. The smallest absolute Gasteiger partial charge is 0.326 e. The molecule has 0 aliphatic heterocycles. The second-order valence-electron chi connectivity index (χ2n) is 12.5. The maximum atomic E-state index is 13.6. The predicted molar refractivity (Wildman–Crippen MR) is 192 cm³/mol. The number of amides is 6. The zero-order valence-electron chi connectivity index (χ0n) is 29.4. The molecule has 51 heavy (non-hydrogen) atoms. The predicted octanol–water partition coefficient (Wildman–Crippen LogP) is -2.14. The molecule has 1 aromatic rings. The number of carboxylic acid groups (broad SMARTS) is 1. The Kier molecular flexibility index (Phi) is 21.1. The molecule has 0 heterocycles. The highest BCUT2D eigenvalue weighted by Gasteiger charge is 2.33. The molecule has 0 spiro atoms. The summed E-state index contributed by atoms with van der Waals surface area (Å²) in [5.74, 6) is -6.08. The average molecular weight is 739 g/mol. The number of primary amides is 1. The molecule has 1 aromatic carbocycles. The monoisotopic (exact) mass is 738 g/mol. The molecule has 0 aliphatic rings. The van der Waals surface area contributed by atoms with Gasteiger partial charge in [-0.3, -0.25) is 28.8 Å². The van der Waals surface area contributed by atoms with E-state index in [1.165, 1.54) is 11.8 Å². The minimum Gasteiger partial charge on any atom is -0.480 e. The Hall–Kier alpha value is -4.26. The molecular weight excluding hydrogens is 684 g/mol. The lowest BCUT2D eigenvalue weighted by atomic mass is 10.0. The molecule has 286 valence electrons. The lowest BCUT2D eigenvalue weighted by molar-refractivity contribution is -0.143. The van der Waals surface area contributed by atoms with E-state index in [1.54, 1.807) is 44.4 Å². The van der Waals surface area contributed by atoms with Crippen LogP contribution < -0.4 is 43.8 Å². The first-order chi connectivity index (χ1) is 24.1. The van der Waals surface area contributed by atoms with Crippen LogP contribution in [-0.2, 0) is 40.0 Å². The highest BCUT2D eigenvalue weighted by molar-refractivity contribution is 7.98. The van der Waals surface area contributed by atoms with Crippen LogP contribution in [0.3, 0.4) is 0 Å². The highest BCUT2D eigenvalue weighted by Crippen LogP contribution is 2.09. The number of aliphatic carboxylic acids is 1. The number of aliphatic hydroxyl groups is 1. The Balaban J connectivity index is 3.13. The number of benzene rings is 1. The number of carboxylic acids is 1. The summed E-state index contributed by atoms with van der Waals surface area (Å²) in [5, 5.41) is 31.7. The van der Waals surface area contributed by atoms with Gasteiger partial charge in [0.2, 0.25) is 35.4 Å². The summed E-state index contributed by atoms with van der Waals surface area (Å²) in [6, 6.07) is 1.18. The molecule has 0 aliphatic carbocycles. The number of thioether (sulfide) groups is 1. The summed E-state index contributed by atoms with van der Waals surface area (Å²) in [4.78, 5) is 89.6. The van der Waals surface area contributed by atoms with Crippen molar-refractivity contribution in [2.24, 2.45) is 23.1 Å². The zero-order chi connectivity index (χ0) is 38.5. The molecule has 17 nitrogen and oxygen atoms in total. The van der Waals surface area contributed by atoms with Crippen LogP contribution in [0.4, 0.5) is 0 Å². The number of nitrogens with one attached hydrogen (secondary N) is 5. The summed E-state index contributed by atoms with van der Waals surface area (Å²) in [6.07, 6.45) is 2.42. The van der Waals surface area contributed by atoms with Gasteiger partial charge in [-0.05, 0) is 68.6 Å². The Morgan fingerprint density at radius 3 is 1.76 bits per heavy atom. The molecule has 0 aromatic heterocycles. The summed E-state index contributed by atoms with van der Waals surface area (Å²) in [6.45, 7) is 3.02. The topological polar surface area (TPSA) is 298 Å². The summed E-state index contributed by atoms with van der Waals surface area (Å²) < 4.78 is 0. The summed E-state index contributed by atoms with van der Waals surface area (Å²) >= 11 is 1.38. The quantitative estimate of drug-likeness (QED) is 0.0481. The number of hydrogen-bond acceptors (Lipinski definition) is 11. The molecule has 0 saturated heterocycles. The Morgan fingerprint density at radius 1 is 0.745 bits per heavy atom. The third-order valence-electron chi connectivity index (χ3n) is 7.63. The van der Waals surface area contributed by atoms with Crippen LogP contribution in [0.2, 0.25) is 0 Å². The van der Waals surface area contributed by atoms with E-state index in [2.05, 4.69) is 26.6 Å². The van der Waals surface area contributed by atoms with Gasteiger partial charge in [-0.25, -0.2) is 4.79 Å². The Bertz CT molecular complexity index is 1300. The van der Waals surface area contributed by atoms with E-state index in [4.69, 9.17) is 17.2 Å². The lowest BCUT2D eigenvalue weighted by Gasteiger charge is -2.27. The fourth-order valence-electron chi connectivity index (χ4n) is 4.89. The molecule has 0 saturated carbocycles. The van der Waals surface area contributed by atoms with Gasteiger partial charge < -0.3 is 54.0 Å². The van der Waals surface area contributed by atoms with Gasteiger partial charge in [-0.2, -0.15) is 11.8 Å². The number of rotatable bonds is 25. The first kappa shape index (κ1) is 44.8. The van der Waals surface area contributed by atoms with E-state index in [0.29, 0.717) is 18.6 Å². The van der Waals surface area contributed by atoms with E-state index in [1.807, 2.05) is 6.07 Å². The fourth-order valence-corrected chi connectivity index (χ4v) is 5.36. The van der Waals surface area contributed by atoms with Crippen molar-refractivity contribution < 1.29 is 43.8 Å². The first-order valence-electron chi connectivity index (χ1n) is 16.8. The van der Waals surface area contributed by atoms with Gasteiger partial charge in [-0.15, -0.1) is 0 Å². The van der Waals surface area contributed by atoms with Crippen LogP contribution in [0, 0.1) is 5.92 Å². The maximum absolute atomic E-state index is 13.6. The van der Waals surface area contributed by atoms with Crippen molar-refractivity contribution in [3.8, 4) is 0 Å².